The Balaban J connectivity index is 2.55. The standard InChI is InChI=1S/C13H11BrF3NS/c1-7(18)11-4-5-12(19-11)9-3-2-8(14)6-10(9)13(15,16)17/h2-7H,18H2,1H3. The molecule has 0 radical (unpaired) electrons. The quantitative estimate of drug-likeness (QED) is 0.790. The van der Waals surface area contributed by atoms with Crippen molar-refractivity contribution in [2.45, 2.75) is 19.1 Å². The largest absolute Gasteiger partial charge is 0.417 e. The summed E-state index contributed by atoms with van der Waals surface area (Å²) in [6, 6.07) is 7.46. The lowest BCUT2D eigenvalue weighted by molar-refractivity contribution is -0.137. The van der Waals surface area contributed by atoms with Gasteiger partial charge in [0.2, 0.25) is 0 Å². The summed E-state index contributed by atoms with van der Waals surface area (Å²) in [5, 5.41) is 0. The van der Waals surface area contributed by atoms with Crippen LogP contribution in [-0.4, -0.2) is 0 Å². The summed E-state index contributed by atoms with van der Waals surface area (Å²) < 4.78 is 39.5. The summed E-state index contributed by atoms with van der Waals surface area (Å²) in [4.78, 5) is 1.44. The predicted molar refractivity (Wildman–Crippen MR) is 75.1 cm³/mol. The first-order valence-electron chi connectivity index (χ1n) is 5.51. The first kappa shape index (κ1) is 14.6. The van der Waals surface area contributed by atoms with E-state index in [0.29, 0.717) is 9.35 Å². The molecule has 1 heterocycles. The molecule has 1 aromatic heterocycles. The van der Waals surface area contributed by atoms with Crippen LogP contribution < -0.4 is 5.73 Å². The van der Waals surface area contributed by atoms with E-state index < -0.39 is 11.7 Å². The zero-order valence-corrected chi connectivity index (χ0v) is 12.4. The number of alkyl halides is 3. The molecule has 1 unspecified atom stereocenters. The Labute approximate surface area is 121 Å². The van der Waals surface area contributed by atoms with Gasteiger partial charge in [-0.3, -0.25) is 0 Å². The molecule has 1 aromatic carbocycles. The van der Waals surface area contributed by atoms with Crippen molar-refractivity contribution in [3.05, 3.63) is 45.2 Å². The third-order valence-corrected chi connectivity index (χ3v) is 4.44. The highest BCUT2D eigenvalue weighted by atomic mass is 79.9. The van der Waals surface area contributed by atoms with Crippen molar-refractivity contribution in [2.75, 3.05) is 0 Å². The van der Waals surface area contributed by atoms with Crippen LogP contribution in [0.15, 0.2) is 34.8 Å². The van der Waals surface area contributed by atoms with Crippen LogP contribution in [0.2, 0.25) is 0 Å². The lowest BCUT2D eigenvalue weighted by Gasteiger charge is -2.12. The predicted octanol–water partition coefficient (Wildman–Crippen LogP) is 5.22. The molecule has 0 bridgehead atoms. The average Bonchev–Trinajstić information content (AvgIpc) is 2.77. The minimum absolute atomic E-state index is 0.177. The summed E-state index contributed by atoms with van der Waals surface area (Å²) in [5.41, 5.74) is 5.28. The smallest absolute Gasteiger partial charge is 0.324 e. The molecule has 0 fully saturated rings. The van der Waals surface area contributed by atoms with Gasteiger partial charge in [-0.15, -0.1) is 11.3 Å². The van der Waals surface area contributed by atoms with E-state index in [1.54, 1.807) is 18.2 Å². The second-order valence-corrected chi connectivity index (χ2v) is 6.21. The number of thiophene rings is 1. The van der Waals surface area contributed by atoms with Crippen LogP contribution in [0, 0.1) is 0 Å². The molecule has 0 aliphatic rings. The summed E-state index contributed by atoms with van der Waals surface area (Å²) in [6.07, 6.45) is -4.38. The Kier molecular flexibility index (Phi) is 4.03. The molecule has 0 amide bonds. The van der Waals surface area contributed by atoms with Crippen molar-refractivity contribution in [3.63, 3.8) is 0 Å². The van der Waals surface area contributed by atoms with E-state index in [-0.39, 0.29) is 11.6 Å². The van der Waals surface area contributed by atoms with Crippen LogP contribution in [0.25, 0.3) is 10.4 Å². The van der Waals surface area contributed by atoms with Gasteiger partial charge in [0.15, 0.2) is 0 Å². The number of hydrogen-bond donors (Lipinski definition) is 1. The molecule has 0 aliphatic carbocycles. The number of nitrogens with two attached hydrogens (primary N) is 1. The third kappa shape index (κ3) is 3.19. The SMILES string of the molecule is CC(N)c1ccc(-c2ccc(Br)cc2C(F)(F)F)s1. The molecular formula is C13H11BrF3NS. The van der Waals surface area contributed by atoms with E-state index >= 15 is 0 Å². The fraction of sp³-hybridized carbons (Fsp3) is 0.231. The summed E-state index contributed by atoms with van der Waals surface area (Å²) >= 11 is 4.36. The summed E-state index contributed by atoms with van der Waals surface area (Å²) in [5.74, 6) is 0. The zero-order chi connectivity index (χ0) is 14.2. The second kappa shape index (κ2) is 5.26. The Morgan fingerprint density at radius 2 is 1.89 bits per heavy atom. The van der Waals surface area contributed by atoms with Crippen LogP contribution in [0.1, 0.15) is 23.4 Å². The average molecular weight is 350 g/mol. The van der Waals surface area contributed by atoms with Crippen LogP contribution >= 0.6 is 27.3 Å². The molecule has 0 saturated heterocycles. The van der Waals surface area contributed by atoms with Crippen LogP contribution in [0.5, 0.6) is 0 Å². The third-order valence-electron chi connectivity index (χ3n) is 2.63. The van der Waals surface area contributed by atoms with Crippen molar-refractivity contribution in [1.29, 1.82) is 0 Å². The normalized spacial score (nSPS) is 13.6. The van der Waals surface area contributed by atoms with E-state index in [0.717, 1.165) is 10.9 Å². The fourth-order valence-electron chi connectivity index (χ4n) is 1.71. The van der Waals surface area contributed by atoms with E-state index in [2.05, 4.69) is 15.9 Å². The van der Waals surface area contributed by atoms with E-state index in [1.807, 2.05) is 6.92 Å². The number of benzene rings is 1. The molecule has 0 saturated carbocycles. The van der Waals surface area contributed by atoms with E-state index in [9.17, 15) is 13.2 Å². The number of rotatable bonds is 2. The maximum Gasteiger partial charge on any atom is 0.417 e. The van der Waals surface area contributed by atoms with Gasteiger partial charge in [-0.05, 0) is 31.2 Å². The highest BCUT2D eigenvalue weighted by molar-refractivity contribution is 9.10. The Bertz CT molecular complexity index is 590. The number of hydrogen-bond acceptors (Lipinski definition) is 2. The first-order valence-corrected chi connectivity index (χ1v) is 7.12. The highest BCUT2D eigenvalue weighted by Gasteiger charge is 2.34. The van der Waals surface area contributed by atoms with Crippen molar-refractivity contribution in [1.82, 2.24) is 0 Å². The Morgan fingerprint density at radius 3 is 2.42 bits per heavy atom. The Hall–Kier alpha value is -0.850. The lowest BCUT2D eigenvalue weighted by atomic mass is 10.1. The van der Waals surface area contributed by atoms with Gasteiger partial charge >= 0.3 is 6.18 Å². The van der Waals surface area contributed by atoms with Gasteiger partial charge in [-0.2, -0.15) is 13.2 Å². The van der Waals surface area contributed by atoms with Crippen molar-refractivity contribution >= 4 is 27.3 Å². The monoisotopic (exact) mass is 349 g/mol. The molecular weight excluding hydrogens is 339 g/mol. The van der Waals surface area contributed by atoms with Gasteiger partial charge in [-0.1, -0.05) is 22.0 Å². The minimum Gasteiger partial charge on any atom is -0.324 e. The van der Waals surface area contributed by atoms with Crippen LogP contribution in [-0.2, 0) is 6.18 Å². The molecule has 6 heteroatoms. The van der Waals surface area contributed by atoms with E-state index in [1.165, 1.54) is 17.4 Å². The van der Waals surface area contributed by atoms with Crippen molar-refractivity contribution in [3.8, 4) is 10.4 Å². The molecule has 102 valence electrons. The molecule has 0 aliphatic heterocycles. The molecule has 2 N–H and O–H groups in total. The topological polar surface area (TPSA) is 26.0 Å². The van der Waals surface area contributed by atoms with Gasteiger partial charge in [0, 0.05) is 25.8 Å². The Morgan fingerprint density at radius 1 is 1.21 bits per heavy atom. The maximum atomic E-state index is 13.0. The van der Waals surface area contributed by atoms with Gasteiger partial charge in [0.1, 0.15) is 0 Å². The van der Waals surface area contributed by atoms with Gasteiger partial charge in [0.05, 0.1) is 5.56 Å². The van der Waals surface area contributed by atoms with Crippen molar-refractivity contribution < 1.29 is 13.2 Å². The molecule has 19 heavy (non-hydrogen) atoms. The van der Waals surface area contributed by atoms with Crippen molar-refractivity contribution in [2.24, 2.45) is 5.73 Å². The first-order chi connectivity index (χ1) is 8.79. The minimum atomic E-state index is -4.38. The molecule has 0 spiro atoms. The summed E-state index contributed by atoms with van der Waals surface area (Å²) in [7, 11) is 0. The highest BCUT2D eigenvalue weighted by Crippen LogP contribution is 2.41. The van der Waals surface area contributed by atoms with Gasteiger partial charge < -0.3 is 5.73 Å². The fourth-order valence-corrected chi connectivity index (χ4v) is 3.07. The molecule has 1 atom stereocenters. The van der Waals surface area contributed by atoms with Gasteiger partial charge in [0.25, 0.3) is 0 Å². The lowest BCUT2D eigenvalue weighted by Crippen LogP contribution is -2.06. The van der Waals surface area contributed by atoms with Crippen LogP contribution in [0.3, 0.4) is 0 Å². The number of halogens is 4. The maximum absolute atomic E-state index is 13.0. The van der Waals surface area contributed by atoms with E-state index in [4.69, 9.17) is 5.73 Å². The van der Waals surface area contributed by atoms with Crippen LogP contribution in [0.4, 0.5) is 13.2 Å². The molecule has 1 nitrogen and oxygen atoms in total. The zero-order valence-electron chi connectivity index (χ0n) is 9.96. The second-order valence-electron chi connectivity index (χ2n) is 4.18. The molecule has 2 rings (SSSR count). The summed E-state index contributed by atoms with van der Waals surface area (Å²) in [6.45, 7) is 1.81. The molecule has 2 aromatic rings. The van der Waals surface area contributed by atoms with Gasteiger partial charge in [-0.25, -0.2) is 0 Å².